The maximum Gasteiger partial charge on any atom is 0.0704 e. The van der Waals surface area contributed by atoms with Gasteiger partial charge in [0.1, 0.15) is 0 Å². The summed E-state index contributed by atoms with van der Waals surface area (Å²) in [5.41, 5.74) is 3.57. The quantitative estimate of drug-likeness (QED) is 0.781. The summed E-state index contributed by atoms with van der Waals surface area (Å²) in [6.45, 7) is 3.06. The van der Waals surface area contributed by atoms with Crippen LogP contribution in [0.2, 0.25) is 0 Å². The first-order chi connectivity index (χ1) is 10.3. The van der Waals surface area contributed by atoms with Crippen molar-refractivity contribution in [3.63, 3.8) is 0 Å². The van der Waals surface area contributed by atoms with Crippen LogP contribution >= 0.6 is 0 Å². The molecule has 0 saturated carbocycles. The van der Waals surface area contributed by atoms with Crippen molar-refractivity contribution >= 4 is 10.9 Å². The number of rotatable bonds is 5. The molecule has 1 unspecified atom stereocenters. The minimum atomic E-state index is 0.258. The molecule has 1 aromatic carbocycles. The Balaban J connectivity index is 1.97. The van der Waals surface area contributed by atoms with E-state index in [2.05, 4.69) is 52.7 Å². The van der Waals surface area contributed by atoms with E-state index in [4.69, 9.17) is 0 Å². The number of aryl methyl sites for hydroxylation is 1. The van der Waals surface area contributed by atoms with E-state index in [9.17, 15) is 0 Å². The van der Waals surface area contributed by atoms with Gasteiger partial charge in [-0.2, -0.15) is 5.10 Å². The summed E-state index contributed by atoms with van der Waals surface area (Å²) in [5.74, 6) is 0. The first-order valence-corrected chi connectivity index (χ1v) is 7.33. The van der Waals surface area contributed by atoms with Crippen LogP contribution in [-0.2, 0) is 13.5 Å². The van der Waals surface area contributed by atoms with Crippen LogP contribution < -0.4 is 5.32 Å². The van der Waals surface area contributed by atoms with Gasteiger partial charge in [-0.25, -0.2) is 0 Å². The van der Waals surface area contributed by atoms with Crippen LogP contribution in [0.5, 0.6) is 0 Å². The molecule has 0 aliphatic carbocycles. The molecule has 0 aliphatic rings. The summed E-state index contributed by atoms with van der Waals surface area (Å²) in [5, 5.41) is 9.07. The molecule has 4 heteroatoms. The van der Waals surface area contributed by atoms with E-state index in [-0.39, 0.29) is 6.04 Å². The largest absolute Gasteiger partial charge is 0.309 e. The predicted octanol–water partition coefficient (Wildman–Crippen LogP) is 2.86. The second kappa shape index (κ2) is 6.06. The lowest BCUT2D eigenvalue weighted by Crippen LogP contribution is -2.25. The summed E-state index contributed by atoms with van der Waals surface area (Å²) in [6, 6.07) is 12.8. The van der Waals surface area contributed by atoms with Crippen molar-refractivity contribution < 1.29 is 0 Å². The first-order valence-electron chi connectivity index (χ1n) is 7.33. The fraction of sp³-hybridized carbons (Fsp3) is 0.294. The second-order valence-corrected chi connectivity index (χ2v) is 5.18. The van der Waals surface area contributed by atoms with Crippen molar-refractivity contribution in [1.82, 2.24) is 20.1 Å². The minimum Gasteiger partial charge on any atom is -0.309 e. The highest BCUT2D eigenvalue weighted by molar-refractivity contribution is 5.81. The highest BCUT2D eigenvalue weighted by atomic mass is 15.3. The van der Waals surface area contributed by atoms with E-state index >= 15 is 0 Å². The molecule has 4 nitrogen and oxygen atoms in total. The van der Waals surface area contributed by atoms with Crippen molar-refractivity contribution in [1.29, 1.82) is 0 Å². The van der Waals surface area contributed by atoms with Crippen LogP contribution in [0.3, 0.4) is 0 Å². The van der Waals surface area contributed by atoms with E-state index in [1.807, 2.05) is 30.2 Å². The molecule has 0 fully saturated rings. The average molecular weight is 280 g/mol. The number of likely N-dealkylation sites (N-methyl/N-ethyl adjacent to an activating group) is 1. The fourth-order valence-electron chi connectivity index (χ4n) is 2.81. The van der Waals surface area contributed by atoms with Crippen molar-refractivity contribution in [2.75, 3.05) is 6.54 Å². The minimum absolute atomic E-state index is 0.258. The number of benzene rings is 1. The zero-order chi connectivity index (χ0) is 14.7. The molecule has 21 heavy (non-hydrogen) atoms. The van der Waals surface area contributed by atoms with Gasteiger partial charge in [-0.05, 0) is 36.7 Å². The Morgan fingerprint density at radius 3 is 2.76 bits per heavy atom. The van der Waals surface area contributed by atoms with Gasteiger partial charge in [0.15, 0.2) is 0 Å². The molecule has 1 atom stereocenters. The van der Waals surface area contributed by atoms with Crippen molar-refractivity contribution in [3.8, 4) is 0 Å². The van der Waals surface area contributed by atoms with Gasteiger partial charge in [-0.1, -0.05) is 25.1 Å². The van der Waals surface area contributed by atoms with Gasteiger partial charge in [-0.3, -0.25) is 9.67 Å². The predicted molar refractivity (Wildman–Crippen MR) is 85.1 cm³/mol. The lowest BCUT2D eigenvalue weighted by Gasteiger charge is -2.19. The van der Waals surface area contributed by atoms with Crippen LogP contribution in [0.15, 0.2) is 48.8 Å². The SMILES string of the molecule is CCNC(Cc1ccnc2ccccc12)c1ccnn1C. The van der Waals surface area contributed by atoms with Crippen LogP contribution in [0.1, 0.15) is 24.2 Å². The van der Waals surface area contributed by atoms with Gasteiger partial charge in [0.25, 0.3) is 0 Å². The lowest BCUT2D eigenvalue weighted by molar-refractivity contribution is 0.509. The molecule has 3 aromatic rings. The van der Waals surface area contributed by atoms with Crippen LogP contribution in [0.25, 0.3) is 10.9 Å². The van der Waals surface area contributed by atoms with Gasteiger partial charge in [0.2, 0.25) is 0 Å². The number of aromatic nitrogens is 3. The maximum absolute atomic E-state index is 4.44. The Hall–Kier alpha value is -2.20. The molecule has 2 heterocycles. The fourth-order valence-corrected chi connectivity index (χ4v) is 2.81. The zero-order valence-corrected chi connectivity index (χ0v) is 12.5. The third-order valence-electron chi connectivity index (χ3n) is 3.83. The molecule has 0 aliphatic heterocycles. The Labute approximate surface area is 124 Å². The molecule has 0 bridgehead atoms. The topological polar surface area (TPSA) is 42.7 Å². The Morgan fingerprint density at radius 2 is 2.00 bits per heavy atom. The van der Waals surface area contributed by atoms with E-state index in [0.717, 1.165) is 18.5 Å². The molecular weight excluding hydrogens is 260 g/mol. The number of para-hydroxylation sites is 1. The maximum atomic E-state index is 4.44. The molecule has 0 spiro atoms. The van der Waals surface area contributed by atoms with Gasteiger partial charge >= 0.3 is 0 Å². The summed E-state index contributed by atoms with van der Waals surface area (Å²) >= 11 is 0. The summed E-state index contributed by atoms with van der Waals surface area (Å²) in [7, 11) is 1.99. The third kappa shape index (κ3) is 2.81. The molecule has 3 rings (SSSR count). The van der Waals surface area contributed by atoms with Crippen LogP contribution in [0.4, 0.5) is 0 Å². The summed E-state index contributed by atoms with van der Waals surface area (Å²) in [6.07, 6.45) is 4.67. The average Bonchev–Trinajstić information content (AvgIpc) is 2.93. The molecule has 0 amide bonds. The van der Waals surface area contributed by atoms with Gasteiger partial charge < -0.3 is 5.32 Å². The second-order valence-electron chi connectivity index (χ2n) is 5.18. The standard InChI is InChI=1S/C17H20N4/c1-3-18-16(17-9-11-20-21(17)2)12-13-8-10-19-15-7-5-4-6-14(13)15/h4-11,16,18H,3,12H2,1-2H3. The van der Waals surface area contributed by atoms with E-state index < -0.39 is 0 Å². The number of nitrogens with zero attached hydrogens (tertiary/aromatic N) is 3. The van der Waals surface area contributed by atoms with Crippen LogP contribution in [0, 0.1) is 0 Å². The molecule has 2 aromatic heterocycles. The number of pyridine rings is 1. The Bertz CT molecular complexity index is 727. The summed E-state index contributed by atoms with van der Waals surface area (Å²) in [4.78, 5) is 4.44. The van der Waals surface area contributed by atoms with Crippen LogP contribution in [-0.4, -0.2) is 21.3 Å². The van der Waals surface area contributed by atoms with E-state index in [0.29, 0.717) is 0 Å². The van der Waals surface area contributed by atoms with Crippen molar-refractivity contribution in [2.24, 2.45) is 7.05 Å². The Morgan fingerprint density at radius 1 is 1.14 bits per heavy atom. The van der Waals surface area contributed by atoms with Gasteiger partial charge in [0, 0.05) is 24.8 Å². The smallest absolute Gasteiger partial charge is 0.0704 e. The normalized spacial score (nSPS) is 12.7. The highest BCUT2D eigenvalue weighted by Gasteiger charge is 2.15. The highest BCUT2D eigenvalue weighted by Crippen LogP contribution is 2.23. The van der Waals surface area contributed by atoms with Crippen molar-refractivity contribution in [2.45, 2.75) is 19.4 Å². The molecular formula is C17H20N4. The summed E-state index contributed by atoms with van der Waals surface area (Å²) < 4.78 is 1.94. The molecule has 108 valence electrons. The monoisotopic (exact) mass is 280 g/mol. The molecule has 0 saturated heterocycles. The van der Waals surface area contributed by atoms with Crippen molar-refractivity contribution in [3.05, 3.63) is 60.0 Å². The third-order valence-corrected chi connectivity index (χ3v) is 3.83. The molecule has 0 radical (unpaired) electrons. The van der Waals surface area contributed by atoms with E-state index in [1.165, 1.54) is 16.6 Å². The number of fused-ring (bicyclic) bond motifs is 1. The lowest BCUT2D eigenvalue weighted by atomic mass is 10.00. The number of hydrogen-bond donors (Lipinski definition) is 1. The van der Waals surface area contributed by atoms with Gasteiger partial charge in [-0.15, -0.1) is 0 Å². The first kappa shape index (κ1) is 13.8. The van der Waals surface area contributed by atoms with E-state index in [1.54, 1.807) is 0 Å². The molecule has 1 N–H and O–H groups in total. The Kier molecular flexibility index (Phi) is 3.97. The van der Waals surface area contributed by atoms with Gasteiger partial charge in [0.05, 0.1) is 17.3 Å². The number of nitrogens with one attached hydrogen (secondary N) is 1. The number of hydrogen-bond acceptors (Lipinski definition) is 3. The zero-order valence-electron chi connectivity index (χ0n) is 12.5.